The minimum atomic E-state index is -0.112. The van der Waals surface area contributed by atoms with Gasteiger partial charge in [-0.25, -0.2) is 0 Å². The van der Waals surface area contributed by atoms with E-state index in [1.54, 1.807) is 24.3 Å². The number of nitrogens with one attached hydrogen (secondary N) is 1. The Hall–Kier alpha value is -2.70. The number of amides is 2. The molecule has 0 aliphatic carbocycles. The molecule has 6 nitrogen and oxygen atoms in total. The average Bonchev–Trinajstić information content (AvgIpc) is 3.18. The lowest BCUT2D eigenvalue weighted by Gasteiger charge is -2.26. The maximum Gasteiger partial charge on any atom is 0.258 e. The molecule has 2 aromatic carbocycles. The molecule has 0 bridgehead atoms. The summed E-state index contributed by atoms with van der Waals surface area (Å²) in [6.45, 7) is 5.44. The third kappa shape index (κ3) is 4.08. The number of ether oxygens (including phenoxy) is 1. The van der Waals surface area contributed by atoms with Gasteiger partial charge in [-0.1, -0.05) is 18.2 Å². The zero-order chi connectivity index (χ0) is 19.3. The second-order valence-corrected chi connectivity index (χ2v) is 7.12. The lowest BCUT2D eigenvalue weighted by Crippen LogP contribution is -2.41. The SMILES string of the molecule is O=C(NCCN1CCOCC1)c1ccc(C(=O)N2CCc3ccccc32)cc1. The number of carbonyl (C=O) groups is 2. The van der Waals surface area contributed by atoms with Crippen LogP contribution in [0.5, 0.6) is 0 Å². The van der Waals surface area contributed by atoms with Crippen molar-refractivity contribution in [2.24, 2.45) is 0 Å². The molecule has 0 saturated carbocycles. The molecule has 0 unspecified atom stereocenters. The summed E-state index contributed by atoms with van der Waals surface area (Å²) < 4.78 is 5.32. The summed E-state index contributed by atoms with van der Waals surface area (Å²) in [5.41, 5.74) is 3.35. The molecule has 0 radical (unpaired) electrons. The van der Waals surface area contributed by atoms with Crippen molar-refractivity contribution < 1.29 is 14.3 Å². The quantitative estimate of drug-likeness (QED) is 0.863. The maximum absolute atomic E-state index is 12.8. The fourth-order valence-corrected chi connectivity index (χ4v) is 3.72. The van der Waals surface area contributed by atoms with Gasteiger partial charge in [-0.05, 0) is 42.3 Å². The van der Waals surface area contributed by atoms with Gasteiger partial charge in [0.05, 0.1) is 13.2 Å². The van der Waals surface area contributed by atoms with Crippen molar-refractivity contribution in [2.75, 3.05) is 50.8 Å². The molecule has 0 spiro atoms. The molecule has 2 heterocycles. The van der Waals surface area contributed by atoms with Crippen LogP contribution in [0.3, 0.4) is 0 Å². The number of anilines is 1. The smallest absolute Gasteiger partial charge is 0.258 e. The Bertz CT molecular complexity index is 844. The highest BCUT2D eigenvalue weighted by molar-refractivity contribution is 6.07. The van der Waals surface area contributed by atoms with Crippen molar-refractivity contribution in [1.29, 1.82) is 0 Å². The summed E-state index contributed by atoms with van der Waals surface area (Å²) in [7, 11) is 0. The number of benzene rings is 2. The van der Waals surface area contributed by atoms with E-state index in [-0.39, 0.29) is 11.8 Å². The Kier molecular flexibility index (Phi) is 5.69. The summed E-state index contributed by atoms with van der Waals surface area (Å²) in [6, 6.07) is 14.9. The van der Waals surface area contributed by atoms with Crippen molar-refractivity contribution >= 4 is 17.5 Å². The molecule has 2 aliphatic heterocycles. The predicted molar refractivity (Wildman–Crippen MR) is 108 cm³/mol. The molecular formula is C22H25N3O3. The van der Waals surface area contributed by atoms with E-state index >= 15 is 0 Å². The second kappa shape index (κ2) is 8.54. The van der Waals surface area contributed by atoms with E-state index in [0.29, 0.717) is 24.2 Å². The van der Waals surface area contributed by atoms with Crippen molar-refractivity contribution in [2.45, 2.75) is 6.42 Å². The number of para-hydroxylation sites is 1. The molecule has 0 aromatic heterocycles. The van der Waals surface area contributed by atoms with E-state index in [9.17, 15) is 9.59 Å². The van der Waals surface area contributed by atoms with Gasteiger partial charge < -0.3 is 15.0 Å². The highest BCUT2D eigenvalue weighted by Gasteiger charge is 2.25. The van der Waals surface area contributed by atoms with Crippen LogP contribution in [0.4, 0.5) is 5.69 Å². The number of hydrogen-bond donors (Lipinski definition) is 1. The van der Waals surface area contributed by atoms with E-state index in [1.807, 2.05) is 23.1 Å². The molecule has 1 N–H and O–H groups in total. The van der Waals surface area contributed by atoms with E-state index < -0.39 is 0 Å². The molecule has 146 valence electrons. The topological polar surface area (TPSA) is 61.9 Å². The standard InChI is InChI=1S/C22H25N3O3/c26-21(23-10-12-24-13-15-28-16-14-24)18-5-7-19(8-6-18)22(27)25-11-9-17-3-1-2-4-20(17)25/h1-8H,9-16H2,(H,23,26). The Balaban J connectivity index is 1.33. The van der Waals surface area contributed by atoms with Crippen LogP contribution in [0.15, 0.2) is 48.5 Å². The minimum Gasteiger partial charge on any atom is -0.379 e. The molecule has 2 aromatic rings. The number of rotatable bonds is 5. The van der Waals surface area contributed by atoms with E-state index in [2.05, 4.69) is 16.3 Å². The first-order chi connectivity index (χ1) is 13.7. The van der Waals surface area contributed by atoms with Crippen molar-refractivity contribution in [1.82, 2.24) is 10.2 Å². The van der Waals surface area contributed by atoms with Crippen LogP contribution in [0.2, 0.25) is 0 Å². The van der Waals surface area contributed by atoms with Gasteiger partial charge in [0.1, 0.15) is 0 Å². The summed E-state index contributed by atoms with van der Waals surface area (Å²) in [6.07, 6.45) is 0.881. The normalized spacial score (nSPS) is 16.6. The molecule has 1 saturated heterocycles. The third-order valence-electron chi connectivity index (χ3n) is 5.34. The Labute approximate surface area is 165 Å². The summed E-state index contributed by atoms with van der Waals surface area (Å²) in [4.78, 5) is 29.3. The second-order valence-electron chi connectivity index (χ2n) is 7.12. The molecule has 6 heteroatoms. The number of hydrogen-bond acceptors (Lipinski definition) is 4. The zero-order valence-corrected chi connectivity index (χ0v) is 15.9. The number of morpholine rings is 1. The Morgan fingerprint density at radius 2 is 1.64 bits per heavy atom. The van der Waals surface area contributed by atoms with Crippen LogP contribution in [0, 0.1) is 0 Å². The van der Waals surface area contributed by atoms with Crippen molar-refractivity contribution in [3.05, 3.63) is 65.2 Å². The number of carbonyl (C=O) groups excluding carboxylic acids is 2. The fourth-order valence-electron chi connectivity index (χ4n) is 3.72. The van der Waals surface area contributed by atoms with Crippen LogP contribution in [0.25, 0.3) is 0 Å². The average molecular weight is 379 g/mol. The fraction of sp³-hybridized carbons (Fsp3) is 0.364. The highest BCUT2D eigenvalue weighted by Crippen LogP contribution is 2.28. The first-order valence-corrected chi connectivity index (χ1v) is 9.80. The largest absolute Gasteiger partial charge is 0.379 e. The predicted octanol–water partition coefficient (Wildman–Crippen LogP) is 1.95. The van der Waals surface area contributed by atoms with Crippen molar-refractivity contribution in [3.63, 3.8) is 0 Å². The molecule has 2 aliphatic rings. The highest BCUT2D eigenvalue weighted by atomic mass is 16.5. The van der Waals surface area contributed by atoms with E-state index in [0.717, 1.165) is 45.0 Å². The van der Waals surface area contributed by atoms with Crippen molar-refractivity contribution in [3.8, 4) is 0 Å². The third-order valence-corrected chi connectivity index (χ3v) is 5.34. The maximum atomic E-state index is 12.8. The Morgan fingerprint density at radius 3 is 2.43 bits per heavy atom. The Morgan fingerprint density at radius 1 is 0.929 bits per heavy atom. The van der Waals surface area contributed by atoms with Gasteiger partial charge >= 0.3 is 0 Å². The number of nitrogens with zero attached hydrogens (tertiary/aromatic N) is 2. The molecule has 2 amide bonds. The molecule has 0 atom stereocenters. The number of fused-ring (bicyclic) bond motifs is 1. The first-order valence-electron chi connectivity index (χ1n) is 9.80. The van der Waals surface area contributed by atoms with E-state index in [4.69, 9.17) is 4.74 Å². The van der Waals surface area contributed by atoms with Crippen LogP contribution in [-0.2, 0) is 11.2 Å². The van der Waals surface area contributed by atoms with Gasteiger partial charge in [0.2, 0.25) is 0 Å². The molecular weight excluding hydrogens is 354 g/mol. The molecule has 1 fully saturated rings. The lowest BCUT2D eigenvalue weighted by molar-refractivity contribution is 0.0383. The van der Waals surface area contributed by atoms with Gasteiger partial charge in [0, 0.05) is 49.5 Å². The molecule has 28 heavy (non-hydrogen) atoms. The zero-order valence-electron chi connectivity index (χ0n) is 15.9. The van der Waals surface area contributed by atoms with Gasteiger partial charge in [-0.15, -0.1) is 0 Å². The van der Waals surface area contributed by atoms with Crippen LogP contribution in [-0.4, -0.2) is 62.7 Å². The van der Waals surface area contributed by atoms with Gasteiger partial charge in [-0.3, -0.25) is 14.5 Å². The minimum absolute atomic E-state index is 0.0239. The van der Waals surface area contributed by atoms with Crippen LogP contribution < -0.4 is 10.2 Å². The van der Waals surface area contributed by atoms with Gasteiger partial charge in [0.15, 0.2) is 0 Å². The summed E-state index contributed by atoms with van der Waals surface area (Å²) in [5.74, 6) is -0.136. The van der Waals surface area contributed by atoms with Gasteiger partial charge in [0.25, 0.3) is 11.8 Å². The summed E-state index contributed by atoms with van der Waals surface area (Å²) >= 11 is 0. The van der Waals surface area contributed by atoms with E-state index in [1.165, 1.54) is 5.56 Å². The molecule has 4 rings (SSSR count). The lowest BCUT2D eigenvalue weighted by atomic mass is 10.1. The summed E-state index contributed by atoms with van der Waals surface area (Å²) in [5, 5.41) is 2.95. The first kappa shape index (κ1) is 18.7. The van der Waals surface area contributed by atoms with Crippen LogP contribution >= 0.6 is 0 Å². The monoisotopic (exact) mass is 379 g/mol. The van der Waals surface area contributed by atoms with Gasteiger partial charge in [-0.2, -0.15) is 0 Å². The van der Waals surface area contributed by atoms with Crippen LogP contribution in [0.1, 0.15) is 26.3 Å².